The van der Waals surface area contributed by atoms with Gasteiger partial charge in [0, 0.05) is 36.1 Å². The van der Waals surface area contributed by atoms with Crippen molar-refractivity contribution < 1.29 is 32.2 Å². The predicted octanol–water partition coefficient (Wildman–Crippen LogP) is 4.56. The van der Waals surface area contributed by atoms with Crippen LogP contribution in [0.5, 0.6) is 0 Å². The number of carbonyl (C=O) groups is 1. The fourth-order valence-corrected chi connectivity index (χ4v) is 8.47. The SMILES string of the molecule is O=C(Nc1ccc(F)c(F)c1)c1ccc(Cl)c(S(=O)(=O)C2C[C@H]3CC[C@@H](C2)C3(O)C(O)Cc2ccncc2)c1. The van der Waals surface area contributed by atoms with Gasteiger partial charge >= 0.3 is 0 Å². The molecule has 0 aliphatic heterocycles. The van der Waals surface area contributed by atoms with Gasteiger partial charge in [-0.15, -0.1) is 0 Å². The number of hydrogen-bond acceptors (Lipinski definition) is 6. The standard InChI is InChI=1S/C28H27ClF2N2O5S/c29-22-5-1-17(27(35)33-20-4-6-23(30)24(31)15-20)12-25(22)39(37,38)21-13-18-2-3-19(14-21)28(18,36)26(34)11-16-7-9-32-10-8-16/h1,4-10,12,15,18-19,21,26,34,36H,2-3,11,13-14H2,(H,33,35)/t18-,19+,21?,26?,28?. The number of benzene rings is 2. The van der Waals surface area contributed by atoms with Crippen LogP contribution in [0.3, 0.4) is 0 Å². The predicted molar refractivity (Wildman–Crippen MR) is 141 cm³/mol. The zero-order valence-corrected chi connectivity index (χ0v) is 22.3. The number of carbonyl (C=O) groups excluding carboxylic acids is 1. The van der Waals surface area contributed by atoms with Crippen molar-refractivity contribution in [2.75, 3.05) is 5.32 Å². The average Bonchev–Trinajstić information content (AvgIpc) is 3.07. The summed E-state index contributed by atoms with van der Waals surface area (Å²) in [5, 5.41) is 24.2. The van der Waals surface area contributed by atoms with E-state index in [1.165, 1.54) is 24.3 Å². The Kier molecular flexibility index (Phi) is 7.49. The topological polar surface area (TPSA) is 117 Å². The fourth-order valence-electron chi connectivity index (χ4n) is 6.06. The molecule has 2 aromatic carbocycles. The number of fused-ring (bicyclic) bond motifs is 2. The lowest BCUT2D eigenvalue weighted by Gasteiger charge is -2.45. The number of aromatic nitrogens is 1. The molecule has 1 aromatic heterocycles. The third-order valence-corrected chi connectivity index (χ3v) is 10.7. The van der Waals surface area contributed by atoms with E-state index >= 15 is 0 Å². The number of nitrogens with zero attached hydrogens (tertiary/aromatic N) is 1. The molecule has 2 aliphatic rings. The Hall–Kier alpha value is -2.92. The quantitative estimate of drug-likeness (QED) is 0.380. The van der Waals surface area contributed by atoms with E-state index in [1.54, 1.807) is 24.5 Å². The summed E-state index contributed by atoms with van der Waals surface area (Å²) in [6.45, 7) is 0. The molecule has 0 radical (unpaired) electrons. The second-order valence-corrected chi connectivity index (χ2v) is 12.9. The Morgan fingerprint density at radius 3 is 2.36 bits per heavy atom. The largest absolute Gasteiger partial charge is 0.390 e. The molecule has 1 amide bonds. The molecular weight excluding hydrogens is 550 g/mol. The molecule has 5 rings (SSSR count). The van der Waals surface area contributed by atoms with Crippen molar-refractivity contribution in [1.82, 2.24) is 4.98 Å². The normalized spacial score (nSPS) is 25.3. The lowest BCUT2D eigenvalue weighted by molar-refractivity contribution is -0.141. The zero-order chi connectivity index (χ0) is 27.9. The van der Waals surface area contributed by atoms with E-state index in [1.807, 2.05) is 0 Å². The maximum absolute atomic E-state index is 13.8. The average molecular weight is 577 g/mol. The van der Waals surface area contributed by atoms with Crippen molar-refractivity contribution in [2.24, 2.45) is 11.8 Å². The fraction of sp³-hybridized carbons (Fsp3) is 0.357. The lowest BCUT2D eigenvalue weighted by atomic mass is 9.70. The number of amides is 1. The number of sulfone groups is 1. The molecule has 0 saturated heterocycles. The second kappa shape index (κ2) is 10.6. The van der Waals surface area contributed by atoms with Crippen molar-refractivity contribution in [3.8, 4) is 0 Å². The van der Waals surface area contributed by atoms with Crippen LogP contribution in [0.1, 0.15) is 41.6 Å². The van der Waals surface area contributed by atoms with Gasteiger partial charge in [-0.05, 0) is 85.5 Å². The number of anilines is 1. The Morgan fingerprint density at radius 2 is 1.72 bits per heavy atom. The molecular formula is C28H27ClF2N2O5S. The monoisotopic (exact) mass is 576 g/mol. The van der Waals surface area contributed by atoms with E-state index in [2.05, 4.69) is 10.3 Å². The summed E-state index contributed by atoms with van der Waals surface area (Å²) in [7, 11) is -4.02. The molecule has 1 heterocycles. The number of hydrogen-bond donors (Lipinski definition) is 3. The minimum absolute atomic E-state index is 0.00622. The molecule has 7 nitrogen and oxygen atoms in total. The van der Waals surface area contributed by atoms with Gasteiger partial charge in [-0.3, -0.25) is 9.78 Å². The molecule has 2 fully saturated rings. The summed E-state index contributed by atoms with van der Waals surface area (Å²) in [6, 6.07) is 10.2. The maximum Gasteiger partial charge on any atom is 0.255 e. The van der Waals surface area contributed by atoms with Gasteiger partial charge in [-0.1, -0.05) is 11.6 Å². The van der Waals surface area contributed by atoms with Crippen LogP contribution in [-0.4, -0.2) is 46.5 Å². The van der Waals surface area contributed by atoms with Crippen LogP contribution in [0.25, 0.3) is 0 Å². The highest BCUT2D eigenvalue weighted by molar-refractivity contribution is 7.92. The lowest BCUT2D eigenvalue weighted by Crippen LogP contribution is -2.56. The van der Waals surface area contributed by atoms with Crippen molar-refractivity contribution >= 4 is 33.0 Å². The van der Waals surface area contributed by atoms with Crippen molar-refractivity contribution in [1.29, 1.82) is 0 Å². The van der Waals surface area contributed by atoms with Crippen LogP contribution in [0.4, 0.5) is 14.5 Å². The molecule has 3 aromatic rings. The van der Waals surface area contributed by atoms with Gasteiger partial charge < -0.3 is 15.5 Å². The van der Waals surface area contributed by atoms with E-state index in [4.69, 9.17) is 11.6 Å². The van der Waals surface area contributed by atoms with Crippen LogP contribution < -0.4 is 5.32 Å². The number of pyridine rings is 1. The highest BCUT2D eigenvalue weighted by Crippen LogP contribution is 2.54. The molecule has 39 heavy (non-hydrogen) atoms. The van der Waals surface area contributed by atoms with Gasteiger partial charge in [0.25, 0.3) is 5.91 Å². The first-order valence-electron chi connectivity index (χ1n) is 12.6. The van der Waals surface area contributed by atoms with Crippen LogP contribution in [0.2, 0.25) is 5.02 Å². The van der Waals surface area contributed by atoms with Crippen LogP contribution in [0.15, 0.2) is 65.8 Å². The number of aliphatic hydroxyl groups excluding tert-OH is 1. The van der Waals surface area contributed by atoms with Crippen molar-refractivity contribution in [3.05, 3.63) is 88.7 Å². The second-order valence-electron chi connectivity index (χ2n) is 10.3. The first-order chi connectivity index (χ1) is 18.5. The zero-order valence-electron chi connectivity index (χ0n) is 20.7. The van der Waals surface area contributed by atoms with E-state index in [9.17, 15) is 32.2 Å². The van der Waals surface area contributed by atoms with Crippen LogP contribution >= 0.6 is 11.6 Å². The molecule has 5 atom stereocenters. The van der Waals surface area contributed by atoms with Gasteiger partial charge in [0.2, 0.25) is 0 Å². The molecule has 2 saturated carbocycles. The number of aliphatic hydroxyl groups is 2. The summed E-state index contributed by atoms with van der Waals surface area (Å²) < 4.78 is 54.3. The number of nitrogens with one attached hydrogen (secondary N) is 1. The Labute approximate surface area is 229 Å². The first-order valence-corrected chi connectivity index (χ1v) is 14.5. The summed E-state index contributed by atoms with van der Waals surface area (Å²) in [5.41, 5.74) is -0.603. The van der Waals surface area contributed by atoms with Crippen LogP contribution in [-0.2, 0) is 16.3 Å². The molecule has 3 unspecified atom stereocenters. The van der Waals surface area contributed by atoms with E-state index < -0.39 is 56.2 Å². The number of rotatable bonds is 7. The third kappa shape index (κ3) is 5.18. The van der Waals surface area contributed by atoms with E-state index in [-0.39, 0.29) is 40.4 Å². The van der Waals surface area contributed by atoms with Crippen molar-refractivity contribution in [3.63, 3.8) is 0 Å². The minimum atomic E-state index is -4.02. The van der Waals surface area contributed by atoms with Crippen molar-refractivity contribution in [2.45, 2.75) is 54.0 Å². The van der Waals surface area contributed by atoms with E-state index in [0.717, 1.165) is 17.7 Å². The van der Waals surface area contributed by atoms with Gasteiger partial charge in [0.1, 0.15) is 0 Å². The molecule has 0 spiro atoms. The van der Waals surface area contributed by atoms with Gasteiger partial charge in [-0.2, -0.15) is 0 Å². The smallest absolute Gasteiger partial charge is 0.255 e. The summed E-state index contributed by atoms with van der Waals surface area (Å²) in [6.07, 6.45) is 3.85. The molecule has 3 N–H and O–H groups in total. The third-order valence-electron chi connectivity index (χ3n) is 8.09. The number of halogens is 3. The molecule has 206 valence electrons. The highest BCUT2D eigenvalue weighted by atomic mass is 35.5. The Morgan fingerprint density at radius 1 is 1.05 bits per heavy atom. The summed E-state index contributed by atoms with van der Waals surface area (Å²) in [4.78, 5) is 16.5. The minimum Gasteiger partial charge on any atom is -0.390 e. The summed E-state index contributed by atoms with van der Waals surface area (Å²) >= 11 is 6.29. The van der Waals surface area contributed by atoms with E-state index in [0.29, 0.717) is 12.8 Å². The maximum atomic E-state index is 13.8. The van der Waals surface area contributed by atoms with Crippen LogP contribution in [0, 0.1) is 23.5 Å². The Bertz CT molecular complexity index is 1490. The van der Waals surface area contributed by atoms with Gasteiger partial charge in [0.15, 0.2) is 21.5 Å². The van der Waals surface area contributed by atoms with Gasteiger partial charge in [0.05, 0.1) is 26.9 Å². The molecule has 2 bridgehead atoms. The molecule has 2 aliphatic carbocycles. The molecule has 11 heteroatoms. The highest BCUT2D eigenvalue weighted by Gasteiger charge is 2.58. The van der Waals surface area contributed by atoms with Gasteiger partial charge in [-0.25, -0.2) is 17.2 Å². The Balaban J connectivity index is 1.35. The first kappa shape index (κ1) is 27.6. The summed E-state index contributed by atoms with van der Waals surface area (Å²) in [5.74, 6) is -3.76.